The minimum atomic E-state index is -1.03. The maximum atomic E-state index is 12.9. The summed E-state index contributed by atoms with van der Waals surface area (Å²) in [7, 11) is 0. The Bertz CT molecular complexity index is 1590. The van der Waals surface area contributed by atoms with E-state index in [2.05, 4.69) is 42.3 Å². The number of hydrogen-bond acceptors (Lipinski definition) is 5. The largest absolute Gasteiger partial charge is 0.493 e. The lowest BCUT2D eigenvalue weighted by Crippen LogP contribution is -2.53. The van der Waals surface area contributed by atoms with Crippen LogP contribution in [0.5, 0.6) is 11.5 Å². The van der Waals surface area contributed by atoms with E-state index in [1.807, 2.05) is 36.5 Å². The molecule has 0 bridgehead atoms. The number of benzene rings is 2. The van der Waals surface area contributed by atoms with Gasteiger partial charge in [0, 0.05) is 28.2 Å². The molecule has 1 spiro atoms. The van der Waals surface area contributed by atoms with Crippen LogP contribution in [0.15, 0.2) is 54.7 Å². The van der Waals surface area contributed by atoms with Gasteiger partial charge in [0.25, 0.3) is 0 Å². The number of carboxylic acid groups (broad SMARTS) is 1. The van der Waals surface area contributed by atoms with Crippen molar-refractivity contribution in [2.45, 2.75) is 120 Å². The highest BCUT2D eigenvalue weighted by Crippen LogP contribution is 2.57. The van der Waals surface area contributed by atoms with Gasteiger partial charge in [-0.1, -0.05) is 37.6 Å². The van der Waals surface area contributed by atoms with Crippen LogP contribution in [0.4, 0.5) is 5.69 Å². The number of aryl methyl sites for hydroxylation is 1. The van der Waals surface area contributed by atoms with Crippen LogP contribution in [-0.4, -0.2) is 34.3 Å². The Hall–Kier alpha value is -3.25. The smallest absolute Gasteiger partial charge is 0.329 e. The first-order valence-electron chi connectivity index (χ1n) is 17.9. The van der Waals surface area contributed by atoms with Crippen molar-refractivity contribution < 1.29 is 19.4 Å². The fourth-order valence-electron chi connectivity index (χ4n) is 9.35. The molecule has 7 rings (SSSR count). The summed E-state index contributed by atoms with van der Waals surface area (Å²) in [5.41, 5.74) is 4.89. The van der Waals surface area contributed by atoms with Gasteiger partial charge in [-0.3, -0.25) is 4.98 Å². The lowest BCUT2D eigenvalue weighted by Gasteiger charge is -2.47. The average Bonchev–Trinajstić information content (AvgIpc) is 3.67. The van der Waals surface area contributed by atoms with Crippen molar-refractivity contribution in [3.8, 4) is 11.5 Å². The van der Waals surface area contributed by atoms with Gasteiger partial charge in [0.15, 0.2) is 0 Å². The van der Waals surface area contributed by atoms with Crippen LogP contribution in [0.1, 0.15) is 113 Å². The molecular weight excluding hydrogens is 608 g/mol. The van der Waals surface area contributed by atoms with E-state index in [9.17, 15) is 9.90 Å². The highest BCUT2D eigenvalue weighted by Gasteiger charge is 2.54. The SMILES string of the molecule is C[C@@H](COc1ccnc2c1[C@H](C)CCC2)CC1Cc2ccc(OC3CCCC3)cc2C12CCC(Nc1cccc(Cl)c1)(C(=O)O)CC2. The number of hydrogen-bond donors (Lipinski definition) is 2. The number of aromatic nitrogens is 1. The molecule has 7 heteroatoms. The van der Waals surface area contributed by atoms with Crippen LogP contribution >= 0.6 is 11.6 Å². The highest BCUT2D eigenvalue weighted by atomic mass is 35.5. The summed E-state index contributed by atoms with van der Waals surface area (Å²) >= 11 is 6.28. The van der Waals surface area contributed by atoms with Gasteiger partial charge in [-0.15, -0.1) is 0 Å². The number of pyridine rings is 1. The summed E-state index contributed by atoms with van der Waals surface area (Å²) in [6.45, 7) is 5.27. The number of aliphatic carboxylic acids is 1. The summed E-state index contributed by atoms with van der Waals surface area (Å²) in [6, 6.07) is 16.2. The van der Waals surface area contributed by atoms with Crippen molar-refractivity contribution >= 4 is 23.3 Å². The Morgan fingerprint density at radius 2 is 1.87 bits per heavy atom. The van der Waals surface area contributed by atoms with E-state index in [1.165, 1.54) is 48.1 Å². The van der Waals surface area contributed by atoms with Crippen molar-refractivity contribution in [1.29, 1.82) is 0 Å². The van der Waals surface area contributed by atoms with Gasteiger partial charge in [-0.05, 0) is 154 Å². The van der Waals surface area contributed by atoms with Crippen LogP contribution in [0.25, 0.3) is 0 Å². The third-order valence-electron chi connectivity index (χ3n) is 11.9. The van der Waals surface area contributed by atoms with E-state index in [1.54, 1.807) is 0 Å². The number of nitrogens with one attached hydrogen (secondary N) is 1. The molecule has 3 aromatic rings. The summed E-state index contributed by atoms with van der Waals surface area (Å²) in [6.07, 6.45) is 15.1. The number of nitrogens with zero attached hydrogens (tertiary/aromatic N) is 1. The quantitative estimate of drug-likeness (QED) is 0.226. The van der Waals surface area contributed by atoms with E-state index < -0.39 is 11.5 Å². The normalized spacial score (nSPS) is 27.6. The Kier molecular flexibility index (Phi) is 9.17. The summed E-state index contributed by atoms with van der Waals surface area (Å²) in [4.78, 5) is 17.6. The summed E-state index contributed by atoms with van der Waals surface area (Å²) < 4.78 is 13.1. The maximum absolute atomic E-state index is 12.9. The molecule has 1 heterocycles. The molecule has 4 aliphatic carbocycles. The van der Waals surface area contributed by atoms with Gasteiger partial charge < -0.3 is 19.9 Å². The minimum absolute atomic E-state index is 0.0993. The van der Waals surface area contributed by atoms with Crippen LogP contribution < -0.4 is 14.8 Å². The maximum Gasteiger partial charge on any atom is 0.329 e. The molecule has 0 radical (unpaired) electrons. The van der Waals surface area contributed by atoms with Gasteiger partial charge in [-0.25, -0.2) is 4.79 Å². The average molecular weight is 657 g/mol. The molecule has 1 aromatic heterocycles. The van der Waals surface area contributed by atoms with Crippen molar-refractivity contribution in [3.63, 3.8) is 0 Å². The fraction of sp³-hybridized carbons (Fsp3) is 0.550. The van der Waals surface area contributed by atoms with Crippen LogP contribution in [0, 0.1) is 11.8 Å². The molecule has 2 N–H and O–H groups in total. The summed E-state index contributed by atoms with van der Waals surface area (Å²) in [5, 5.41) is 14.6. The fourth-order valence-corrected chi connectivity index (χ4v) is 9.54. The molecule has 2 aromatic carbocycles. The number of anilines is 1. The number of carboxylic acids is 1. The van der Waals surface area contributed by atoms with Crippen molar-refractivity contribution in [2.75, 3.05) is 11.9 Å². The standard InChI is InChI=1S/C40H49ClN2O4/c1-26(25-46-36-15-20-42-35-12-5-7-27(2)37(35)36)21-29-22-28-13-14-33(47-32-10-3-4-11-32)24-34(28)39(29)16-18-40(19-17-39,38(44)45)43-31-9-6-8-30(41)23-31/h6,8-9,13-15,20,23-24,26-27,29,32,43H,3-5,7,10-12,16-19,21-22,25H2,1-2H3,(H,44,45)/t26-,27-,29?,39?,40?/m1/s1. The van der Waals surface area contributed by atoms with Crippen LogP contribution in [-0.2, 0) is 23.1 Å². The first-order chi connectivity index (χ1) is 22.7. The van der Waals surface area contributed by atoms with Crippen LogP contribution in [0.2, 0.25) is 5.02 Å². The predicted molar refractivity (Wildman–Crippen MR) is 187 cm³/mol. The van der Waals surface area contributed by atoms with Gasteiger partial charge in [-0.2, -0.15) is 0 Å². The Morgan fingerprint density at radius 1 is 1.06 bits per heavy atom. The van der Waals surface area contributed by atoms with Crippen molar-refractivity contribution in [3.05, 3.63) is 82.1 Å². The number of rotatable bonds is 10. The highest BCUT2D eigenvalue weighted by molar-refractivity contribution is 6.30. The van der Waals surface area contributed by atoms with Crippen molar-refractivity contribution in [1.82, 2.24) is 4.98 Å². The van der Waals surface area contributed by atoms with Gasteiger partial charge in [0.1, 0.15) is 17.0 Å². The first-order valence-corrected chi connectivity index (χ1v) is 18.3. The molecule has 6 nitrogen and oxygen atoms in total. The molecular formula is C40H49ClN2O4. The molecule has 250 valence electrons. The zero-order valence-corrected chi connectivity index (χ0v) is 28.7. The predicted octanol–water partition coefficient (Wildman–Crippen LogP) is 9.52. The first kappa shape index (κ1) is 32.3. The molecule has 4 aliphatic rings. The topological polar surface area (TPSA) is 80.7 Å². The van der Waals surface area contributed by atoms with E-state index in [-0.39, 0.29) is 5.41 Å². The number of carbonyl (C=O) groups is 1. The van der Waals surface area contributed by atoms with Gasteiger partial charge in [0.2, 0.25) is 0 Å². The lowest BCUT2D eigenvalue weighted by atomic mass is 9.59. The number of fused-ring (bicyclic) bond motifs is 3. The second kappa shape index (κ2) is 13.3. The lowest BCUT2D eigenvalue weighted by molar-refractivity contribution is -0.144. The monoisotopic (exact) mass is 656 g/mol. The number of halogens is 1. The number of ether oxygens (including phenoxy) is 2. The Balaban J connectivity index is 1.13. The van der Waals surface area contributed by atoms with E-state index in [0.717, 1.165) is 62.1 Å². The van der Waals surface area contributed by atoms with Crippen molar-refractivity contribution in [2.24, 2.45) is 11.8 Å². The Morgan fingerprint density at radius 3 is 2.64 bits per heavy atom. The summed E-state index contributed by atoms with van der Waals surface area (Å²) in [5.74, 6) is 2.40. The molecule has 1 unspecified atom stereocenters. The minimum Gasteiger partial charge on any atom is -0.493 e. The molecule has 0 amide bonds. The molecule has 0 aliphatic heterocycles. The zero-order chi connectivity index (χ0) is 32.6. The molecule has 2 fully saturated rings. The third-order valence-corrected chi connectivity index (χ3v) is 12.1. The van der Waals surface area contributed by atoms with Crippen LogP contribution in [0.3, 0.4) is 0 Å². The van der Waals surface area contributed by atoms with E-state index in [4.69, 9.17) is 21.1 Å². The molecule has 47 heavy (non-hydrogen) atoms. The Labute approximate surface area is 284 Å². The van der Waals surface area contributed by atoms with E-state index in [0.29, 0.717) is 48.3 Å². The zero-order valence-electron chi connectivity index (χ0n) is 27.9. The van der Waals surface area contributed by atoms with Gasteiger partial charge in [0.05, 0.1) is 12.7 Å². The molecule has 0 saturated heterocycles. The third kappa shape index (κ3) is 6.47. The second-order valence-electron chi connectivity index (χ2n) is 15.0. The molecule has 3 atom stereocenters. The van der Waals surface area contributed by atoms with E-state index >= 15 is 0 Å². The van der Waals surface area contributed by atoms with Gasteiger partial charge >= 0.3 is 5.97 Å². The second-order valence-corrected chi connectivity index (χ2v) is 15.5. The molecule has 2 saturated carbocycles.